The van der Waals surface area contributed by atoms with Crippen molar-refractivity contribution < 1.29 is 93.8 Å². The Morgan fingerprint density at radius 2 is 1.16 bits per heavy atom. The van der Waals surface area contributed by atoms with E-state index in [1.54, 1.807) is 0 Å². The molecule has 11 N–H and O–H groups in total. The number of ether oxygens (including phenoxy) is 8. The highest BCUT2D eigenvalue weighted by atomic mass is 16.8. The molecule has 4 saturated heterocycles. The molecule has 20 heteroatoms. The number of unbranched alkanes of at least 4 members (excludes halogenated alkanes) is 4. The number of aliphatic hydroxyl groups excluding tert-OH is 10. The molecule has 0 saturated carbocycles. The maximum absolute atomic E-state index is 12.5. The maximum atomic E-state index is 12.5. The van der Waals surface area contributed by atoms with E-state index in [0.29, 0.717) is 6.42 Å². The van der Waals surface area contributed by atoms with Crippen molar-refractivity contribution in [1.82, 2.24) is 5.32 Å². The number of hydrogen-bond acceptors (Lipinski definition) is 19. The molecule has 0 radical (unpaired) electrons. The van der Waals surface area contributed by atoms with Crippen molar-refractivity contribution >= 4 is 5.91 Å². The molecule has 0 aliphatic carbocycles. The standard InChI is InChI=1S/C35H61NO19/c1-5-6-7-8-9-10-11-48-33-21(36-17(4)40)29(25(44)19(13-38)51-33)53-35-31(55-34-28(47)27(46)23(42)16(3)49-34)30(26(45)20(14-39)52-35)54-32-15(2)22(41)24(43)18(12-37)50-32/h5,15-16,18-35,37-39,41-47H,1,6-14H2,2-4H3,(H,36,40)/t15?,16?,18?,19?,20?,21?,22-,23-,24+,25-,26+,27+,28?,29-,30+,31?,32-,33-,34+,35+/m1/s1. The summed E-state index contributed by atoms with van der Waals surface area (Å²) in [6.07, 6.45) is -21.9. The third kappa shape index (κ3) is 11.2. The highest BCUT2D eigenvalue weighted by molar-refractivity contribution is 5.73. The molecule has 20 atom stereocenters. The molecule has 20 nitrogen and oxygen atoms in total. The summed E-state index contributed by atoms with van der Waals surface area (Å²) in [6.45, 7) is 5.71. The number of aliphatic hydroxyl groups is 10. The van der Waals surface area contributed by atoms with Gasteiger partial charge in [0.15, 0.2) is 25.2 Å². The number of rotatable bonds is 18. The van der Waals surface area contributed by atoms with E-state index in [0.717, 1.165) is 25.7 Å². The van der Waals surface area contributed by atoms with Gasteiger partial charge in [-0.25, -0.2) is 0 Å². The molecule has 4 aliphatic rings. The monoisotopic (exact) mass is 799 g/mol. The van der Waals surface area contributed by atoms with Crippen LogP contribution < -0.4 is 5.32 Å². The van der Waals surface area contributed by atoms with Crippen molar-refractivity contribution in [3.63, 3.8) is 0 Å². The molecule has 4 fully saturated rings. The number of nitrogens with one attached hydrogen (secondary N) is 1. The Morgan fingerprint density at radius 1 is 0.618 bits per heavy atom. The van der Waals surface area contributed by atoms with E-state index in [1.165, 1.54) is 20.8 Å². The third-order valence-corrected chi connectivity index (χ3v) is 10.5. The fourth-order valence-electron chi connectivity index (χ4n) is 7.12. The summed E-state index contributed by atoms with van der Waals surface area (Å²) in [5, 5.41) is 109. The molecule has 4 aliphatic heterocycles. The van der Waals surface area contributed by atoms with E-state index in [-0.39, 0.29) is 6.61 Å². The van der Waals surface area contributed by atoms with Gasteiger partial charge in [0.25, 0.3) is 0 Å². The van der Waals surface area contributed by atoms with Gasteiger partial charge in [-0.2, -0.15) is 0 Å². The molecule has 4 rings (SSSR count). The van der Waals surface area contributed by atoms with E-state index in [9.17, 15) is 55.9 Å². The SMILES string of the molecule is C=CCCCCCCO[C@@H]1OC(CO)[C@@H](O)[C@H](O[C@@H]2OC(CO)[C@H](O)[C@H](O[C@H]3OC(CO)[C@H](O)[C@H](O)C3C)C2O[C@@H]2OC(C)[C@@H](O)[C@H](O)C2O)C1NC(C)=O. The summed E-state index contributed by atoms with van der Waals surface area (Å²) in [7, 11) is 0. The summed E-state index contributed by atoms with van der Waals surface area (Å²) in [5.74, 6) is -1.55. The Morgan fingerprint density at radius 3 is 1.78 bits per heavy atom. The van der Waals surface area contributed by atoms with E-state index < -0.39 is 148 Å². The average Bonchev–Trinajstić information content (AvgIpc) is 3.16. The van der Waals surface area contributed by atoms with Crippen LogP contribution in [0.15, 0.2) is 12.7 Å². The highest BCUT2D eigenvalue weighted by Gasteiger charge is 2.56. The zero-order valence-corrected chi connectivity index (χ0v) is 31.3. The Balaban J connectivity index is 1.69. The molecular formula is C35H61NO19. The van der Waals surface area contributed by atoms with Crippen molar-refractivity contribution in [2.75, 3.05) is 26.4 Å². The molecule has 320 valence electrons. The first-order chi connectivity index (χ1) is 26.2. The van der Waals surface area contributed by atoms with Crippen molar-refractivity contribution in [2.45, 2.75) is 170 Å². The van der Waals surface area contributed by atoms with Crippen LogP contribution >= 0.6 is 0 Å². The fourth-order valence-corrected chi connectivity index (χ4v) is 7.12. The Bertz CT molecular complexity index is 1170. The van der Waals surface area contributed by atoms with Crippen LogP contribution in [0.2, 0.25) is 0 Å². The summed E-state index contributed by atoms with van der Waals surface area (Å²) >= 11 is 0. The van der Waals surface area contributed by atoms with Crippen LogP contribution in [0.25, 0.3) is 0 Å². The second-order valence-electron chi connectivity index (χ2n) is 14.6. The van der Waals surface area contributed by atoms with Crippen LogP contribution in [0.5, 0.6) is 0 Å². The molecule has 4 heterocycles. The van der Waals surface area contributed by atoms with Gasteiger partial charge in [0.05, 0.1) is 32.0 Å². The van der Waals surface area contributed by atoms with Gasteiger partial charge in [-0.3, -0.25) is 4.79 Å². The average molecular weight is 800 g/mol. The minimum absolute atomic E-state index is 0.175. The Kier molecular flexibility index (Phi) is 18.0. The zero-order valence-electron chi connectivity index (χ0n) is 31.3. The highest BCUT2D eigenvalue weighted by Crippen LogP contribution is 2.37. The van der Waals surface area contributed by atoms with Crippen LogP contribution in [0.1, 0.15) is 52.9 Å². The van der Waals surface area contributed by atoms with Gasteiger partial charge in [-0.1, -0.05) is 25.8 Å². The lowest BCUT2D eigenvalue weighted by Crippen LogP contribution is -2.69. The minimum atomic E-state index is -1.88. The first kappa shape index (κ1) is 46.2. The number of carbonyl (C=O) groups is 1. The van der Waals surface area contributed by atoms with Gasteiger partial charge in [0.1, 0.15) is 79.3 Å². The second-order valence-corrected chi connectivity index (χ2v) is 14.6. The maximum Gasteiger partial charge on any atom is 0.217 e. The van der Waals surface area contributed by atoms with Crippen LogP contribution in [-0.4, -0.2) is 200 Å². The summed E-state index contributed by atoms with van der Waals surface area (Å²) < 4.78 is 47.9. The lowest BCUT2D eigenvalue weighted by atomic mass is 9.91. The molecule has 0 aromatic rings. The molecule has 8 unspecified atom stereocenters. The lowest BCUT2D eigenvalue weighted by Gasteiger charge is -2.51. The van der Waals surface area contributed by atoms with Crippen molar-refractivity contribution in [2.24, 2.45) is 5.92 Å². The predicted octanol–water partition coefficient (Wildman–Crippen LogP) is -4.14. The van der Waals surface area contributed by atoms with Crippen molar-refractivity contribution in [3.8, 4) is 0 Å². The topological polar surface area (TPSA) is 305 Å². The molecule has 0 aromatic carbocycles. The molecule has 0 bridgehead atoms. The summed E-state index contributed by atoms with van der Waals surface area (Å²) in [5.41, 5.74) is 0. The molecule has 0 spiro atoms. The smallest absolute Gasteiger partial charge is 0.217 e. The van der Waals surface area contributed by atoms with E-state index >= 15 is 0 Å². The first-order valence-electron chi connectivity index (χ1n) is 18.9. The number of amides is 1. The van der Waals surface area contributed by atoms with Crippen molar-refractivity contribution in [3.05, 3.63) is 12.7 Å². The largest absolute Gasteiger partial charge is 0.394 e. The Hall–Kier alpha value is -1.51. The quantitative estimate of drug-likeness (QED) is 0.0463. The third-order valence-electron chi connectivity index (χ3n) is 10.5. The van der Waals surface area contributed by atoms with Gasteiger partial charge >= 0.3 is 0 Å². The van der Waals surface area contributed by atoms with Crippen molar-refractivity contribution in [1.29, 1.82) is 0 Å². The van der Waals surface area contributed by atoms with Gasteiger partial charge in [-0.15, -0.1) is 6.58 Å². The molecule has 1 amide bonds. The summed E-state index contributed by atoms with van der Waals surface area (Å²) in [4.78, 5) is 12.5. The van der Waals surface area contributed by atoms with Crippen LogP contribution in [-0.2, 0) is 42.7 Å². The fraction of sp³-hybridized carbons (Fsp3) is 0.914. The molecular weight excluding hydrogens is 738 g/mol. The van der Waals surface area contributed by atoms with E-state index in [2.05, 4.69) is 11.9 Å². The zero-order chi connectivity index (χ0) is 40.6. The van der Waals surface area contributed by atoms with E-state index in [1.807, 2.05) is 6.08 Å². The van der Waals surface area contributed by atoms with Crippen LogP contribution in [0, 0.1) is 5.92 Å². The van der Waals surface area contributed by atoms with Gasteiger partial charge in [0, 0.05) is 19.4 Å². The van der Waals surface area contributed by atoms with Gasteiger partial charge < -0.3 is 94.3 Å². The second kappa shape index (κ2) is 21.5. The van der Waals surface area contributed by atoms with Gasteiger partial charge in [0.2, 0.25) is 5.91 Å². The number of hydrogen-bond donors (Lipinski definition) is 11. The minimum Gasteiger partial charge on any atom is -0.394 e. The normalized spacial score (nSPS) is 45.3. The van der Waals surface area contributed by atoms with Crippen LogP contribution in [0.4, 0.5) is 0 Å². The Labute approximate surface area is 319 Å². The lowest BCUT2D eigenvalue weighted by molar-refractivity contribution is -0.399. The number of carbonyl (C=O) groups excluding carboxylic acids is 1. The van der Waals surface area contributed by atoms with Crippen LogP contribution in [0.3, 0.4) is 0 Å². The molecule has 0 aromatic heterocycles. The number of allylic oxidation sites excluding steroid dienone is 1. The predicted molar refractivity (Wildman–Crippen MR) is 184 cm³/mol. The molecule has 55 heavy (non-hydrogen) atoms. The summed E-state index contributed by atoms with van der Waals surface area (Å²) in [6, 6.07) is -1.25. The van der Waals surface area contributed by atoms with Gasteiger partial charge in [-0.05, 0) is 26.2 Å². The first-order valence-corrected chi connectivity index (χ1v) is 18.9. The van der Waals surface area contributed by atoms with E-state index in [4.69, 9.17) is 37.9 Å².